The summed E-state index contributed by atoms with van der Waals surface area (Å²) in [5.41, 5.74) is 16.2. The number of rotatable bonds is 12. The van der Waals surface area contributed by atoms with Gasteiger partial charge in [-0.15, -0.1) is 0 Å². The minimum Gasteiger partial charge on any atom is -0.328 e. The molecule has 0 amide bonds. The van der Waals surface area contributed by atoms with Gasteiger partial charge in [0.1, 0.15) is 11.6 Å². The van der Waals surface area contributed by atoms with Crippen LogP contribution in [0.15, 0.2) is 106 Å². The van der Waals surface area contributed by atoms with Crippen LogP contribution in [0.25, 0.3) is 33.1 Å². The van der Waals surface area contributed by atoms with E-state index < -0.39 is 0 Å². The summed E-state index contributed by atoms with van der Waals surface area (Å²) in [4.78, 5) is 117. The maximum absolute atomic E-state index is 13.8. The average Bonchev–Trinajstić information content (AvgIpc) is 3.30. The molecular formula is C62H76FN11O10. The van der Waals surface area contributed by atoms with Crippen LogP contribution < -0.4 is 27.7 Å². The summed E-state index contributed by atoms with van der Waals surface area (Å²) < 4.78 is 19.2. The lowest BCUT2D eigenvalue weighted by Crippen LogP contribution is -2.48. The second-order valence-electron chi connectivity index (χ2n) is 21.6. The van der Waals surface area contributed by atoms with Crippen LogP contribution in [0, 0.1) is 33.5 Å². The Labute approximate surface area is 486 Å². The van der Waals surface area contributed by atoms with Crippen molar-refractivity contribution in [2.24, 2.45) is 5.73 Å². The SMILES string of the molecule is Cc1ccc2ncc(=O)n(CCN3CCC(=O)CC3C)c2c1.Cc1ccc2ncc(=O)n(CCN3CCC(N)CC3C)c2c1.Cc1ccc2ncc(=O)n(CCN3CCC(NCc4ccc(C)c(F)c4)CC3C)c2c1.O=C=O.O=C=O.O=C=O. The number of benzene rings is 4. The van der Waals surface area contributed by atoms with Gasteiger partial charge in [-0.3, -0.25) is 33.9 Å². The van der Waals surface area contributed by atoms with Gasteiger partial charge < -0.3 is 24.8 Å². The number of aromatic nitrogens is 6. The number of ketones is 1. The molecule has 5 unspecified atom stereocenters. The van der Waals surface area contributed by atoms with Gasteiger partial charge in [0, 0.05) is 95.4 Å². The van der Waals surface area contributed by atoms with Crippen LogP contribution in [-0.2, 0) is 59.7 Å². The highest BCUT2D eigenvalue weighted by atomic mass is 19.1. The Morgan fingerprint density at radius 2 is 0.940 bits per heavy atom. The maximum atomic E-state index is 13.8. The Kier molecular flexibility index (Phi) is 26.3. The van der Waals surface area contributed by atoms with E-state index in [1.54, 1.807) is 17.6 Å². The number of nitrogens with one attached hydrogen (secondary N) is 1. The lowest BCUT2D eigenvalue weighted by molar-refractivity contribution is -0.193. The second-order valence-corrected chi connectivity index (χ2v) is 21.6. The van der Waals surface area contributed by atoms with Gasteiger partial charge in [0.15, 0.2) is 0 Å². The zero-order chi connectivity index (χ0) is 61.5. The minimum atomic E-state index is -0.142. The van der Waals surface area contributed by atoms with Crippen LogP contribution in [0.1, 0.15) is 87.1 Å². The van der Waals surface area contributed by atoms with Crippen LogP contribution in [0.5, 0.6) is 0 Å². The van der Waals surface area contributed by atoms with Gasteiger partial charge in [-0.2, -0.15) is 28.8 Å². The summed E-state index contributed by atoms with van der Waals surface area (Å²) in [6.07, 6.45) is 10.4. The number of aryl methyl sites for hydroxylation is 4. The van der Waals surface area contributed by atoms with Crippen molar-refractivity contribution in [1.29, 1.82) is 0 Å². The van der Waals surface area contributed by atoms with Crippen LogP contribution in [0.2, 0.25) is 0 Å². The molecule has 3 aliphatic heterocycles. The number of hydrogen-bond acceptors (Lipinski definition) is 18. The van der Waals surface area contributed by atoms with E-state index in [0.717, 1.165) is 120 Å². The molecule has 84 heavy (non-hydrogen) atoms. The molecule has 5 atom stereocenters. The molecule has 3 aromatic heterocycles. The first kappa shape index (κ1) is 66.6. The van der Waals surface area contributed by atoms with E-state index in [1.807, 2.05) is 96.6 Å². The lowest BCUT2D eigenvalue weighted by Gasteiger charge is -2.38. The molecule has 0 spiro atoms. The molecule has 3 saturated heterocycles. The molecule has 6 heterocycles. The number of piperidine rings is 3. The number of nitrogens with two attached hydrogens (primary N) is 1. The van der Waals surface area contributed by atoms with Gasteiger partial charge in [-0.1, -0.05) is 30.3 Å². The third-order valence-corrected chi connectivity index (χ3v) is 15.6. The average molecular weight is 1150 g/mol. The second kappa shape index (κ2) is 33.2. The molecule has 0 aliphatic carbocycles. The minimum absolute atomic E-state index is 0.0283. The van der Waals surface area contributed by atoms with Crippen LogP contribution >= 0.6 is 0 Å². The summed E-state index contributed by atoms with van der Waals surface area (Å²) in [5.74, 6) is 0.197. The highest BCUT2D eigenvalue weighted by Crippen LogP contribution is 2.21. The van der Waals surface area contributed by atoms with Crippen LogP contribution in [0.3, 0.4) is 0 Å². The highest BCUT2D eigenvalue weighted by Gasteiger charge is 2.27. The molecular weight excluding hydrogens is 1080 g/mol. The molecule has 7 aromatic rings. The molecule has 0 bridgehead atoms. The molecule has 3 N–H and O–H groups in total. The predicted octanol–water partition coefficient (Wildman–Crippen LogP) is 5.32. The monoisotopic (exact) mass is 1150 g/mol. The Morgan fingerprint density at radius 3 is 1.33 bits per heavy atom. The first-order chi connectivity index (χ1) is 40.2. The van der Waals surface area contributed by atoms with E-state index in [-0.39, 0.29) is 47.0 Å². The van der Waals surface area contributed by atoms with Gasteiger partial charge in [-0.25, -0.2) is 19.3 Å². The first-order valence-electron chi connectivity index (χ1n) is 28.1. The molecule has 4 aromatic carbocycles. The van der Waals surface area contributed by atoms with Crippen molar-refractivity contribution >= 4 is 57.3 Å². The zero-order valence-corrected chi connectivity index (χ0v) is 48.9. The summed E-state index contributed by atoms with van der Waals surface area (Å²) in [7, 11) is 0. The van der Waals surface area contributed by atoms with Gasteiger partial charge in [0.2, 0.25) is 0 Å². The molecule has 21 nitrogen and oxygen atoms in total. The van der Waals surface area contributed by atoms with Crippen molar-refractivity contribution < 1.29 is 38.0 Å². The Morgan fingerprint density at radius 1 is 0.536 bits per heavy atom. The molecule has 10 rings (SSSR count). The van der Waals surface area contributed by atoms with Crippen molar-refractivity contribution in [1.82, 2.24) is 48.7 Å². The molecule has 0 radical (unpaired) electrons. The number of carbonyl (C=O) groups excluding carboxylic acids is 7. The fraction of sp³-hybridized carbons (Fsp3) is 0.452. The van der Waals surface area contributed by atoms with Gasteiger partial charge >= 0.3 is 18.5 Å². The summed E-state index contributed by atoms with van der Waals surface area (Å²) >= 11 is 0. The molecule has 3 aliphatic rings. The van der Waals surface area contributed by atoms with E-state index in [1.165, 1.54) is 18.6 Å². The number of fused-ring (bicyclic) bond motifs is 3. The van der Waals surface area contributed by atoms with E-state index in [0.29, 0.717) is 74.5 Å². The number of hydrogen-bond donors (Lipinski definition) is 2. The normalized spacial score (nSPS) is 18.8. The Bertz CT molecular complexity index is 3600. The van der Waals surface area contributed by atoms with Crippen molar-refractivity contribution in [3.8, 4) is 0 Å². The zero-order valence-electron chi connectivity index (χ0n) is 48.9. The van der Waals surface area contributed by atoms with Gasteiger partial charge in [-0.05, 0) is 158 Å². The fourth-order valence-electron chi connectivity index (χ4n) is 10.9. The number of halogens is 1. The van der Waals surface area contributed by atoms with Crippen molar-refractivity contribution in [2.75, 3.05) is 39.3 Å². The van der Waals surface area contributed by atoms with Crippen LogP contribution in [0.4, 0.5) is 4.39 Å². The number of Topliss-reactive ketones (excluding diaryl/α,β-unsaturated/α-hetero) is 1. The van der Waals surface area contributed by atoms with Crippen molar-refractivity contribution in [2.45, 2.75) is 143 Å². The van der Waals surface area contributed by atoms with Crippen LogP contribution in [-0.4, -0.2) is 137 Å². The third-order valence-electron chi connectivity index (χ3n) is 15.6. The van der Waals surface area contributed by atoms with Crippen molar-refractivity contribution in [3.63, 3.8) is 0 Å². The van der Waals surface area contributed by atoms with Gasteiger partial charge in [0.05, 0.1) is 51.7 Å². The molecule has 446 valence electrons. The molecule has 22 heteroatoms. The fourth-order valence-corrected chi connectivity index (χ4v) is 10.9. The molecule has 0 saturated carbocycles. The van der Waals surface area contributed by atoms with E-state index in [9.17, 15) is 23.6 Å². The highest BCUT2D eigenvalue weighted by molar-refractivity contribution is 5.80. The predicted molar refractivity (Wildman–Crippen MR) is 313 cm³/mol. The van der Waals surface area contributed by atoms with Gasteiger partial charge in [0.25, 0.3) is 16.7 Å². The number of likely N-dealkylation sites (tertiary alicyclic amines) is 3. The summed E-state index contributed by atoms with van der Waals surface area (Å²) in [5, 5.41) is 3.59. The van der Waals surface area contributed by atoms with E-state index >= 15 is 0 Å². The van der Waals surface area contributed by atoms with E-state index in [2.05, 4.69) is 55.7 Å². The Balaban J connectivity index is 0.000000219. The third kappa shape index (κ3) is 19.5. The maximum Gasteiger partial charge on any atom is 0.373 e. The largest absolute Gasteiger partial charge is 0.373 e. The topological polar surface area (TPSA) is 272 Å². The smallest absolute Gasteiger partial charge is 0.328 e. The number of nitrogens with zero attached hydrogens (tertiary/aromatic N) is 9. The standard InChI is InChI=1S/C25H31FN4O.C17H24N4O.C17H21N3O2.3CO2/c1-17-4-7-23-24(12-17)30(25(31)16-28-23)11-10-29-9-8-21(13-19(29)3)27-15-20-6-5-18(2)22(26)14-20;1-12-3-4-15-16(9-12)21(17(22)11-19-15)8-7-20-6-5-14(18)10-13(20)2;1-12-3-4-15-16(9-12)20(17(22)11-18-15)8-7-19-6-5-14(21)10-13(19)2;3*2-1-3/h4-7,12,14,16,19,21,27H,8-11,13,15H2,1-3H3;3-4,9,11,13-14H,5-8,10,18H2,1-2H3;3-4,9,11,13H,5-8,10H2,1-2H3;;;. The lowest BCUT2D eigenvalue weighted by atomic mass is 9.98. The summed E-state index contributed by atoms with van der Waals surface area (Å²) in [6, 6.07) is 25.4. The quantitative estimate of drug-likeness (QED) is 0.157. The molecule has 3 fully saturated rings. The Hall–Kier alpha value is -8.16. The van der Waals surface area contributed by atoms with E-state index in [4.69, 9.17) is 34.5 Å². The first-order valence-corrected chi connectivity index (χ1v) is 28.1. The van der Waals surface area contributed by atoms with Crippen molar-refractivity contribution in [3.05, 3.63) is 156 Å². The summed E-state index contributed by atoms with van der Waals surface area (Å²) in [6.45, 7) is 22.4. The number of carbonyl (C=O) groups is 1.